The minimum atomic E-state index is -0.321. The van der Waals surface area contributed by atoms with Gasteiger partial charge in [0.2, 0.25) is 5.70 Å². The van der Waals surface area contributed by atoms with Crippen LogP contribution in [0.2, 0.25) is 0 Å². The monoisotopic (exact) mass is 277 g/mol. The number of benzene rings is 1. The van der Waals surface area contributed by atoms with Crippen LogP contribution in [-0.4, -0.2) is 19.1 Å². The van der Waals surface area contributed by atoms with Crippen molar-refractivity contribution in [1.82, 2.24) is 0 Å². The molecular formula is C15H19NO4. The summed E-state index contributed by atoms with van der Waals surface area (Å²) < 4.78 is 10.8. The Balaban J connectivity index is 2.60. The number of methoxy groups -OCH3 is 2. The summed E-state index contributed by atoms with van der Waals surface area (Å²) in [7, 11) is 3.21. The molecule has 0 aliphatic heterocycles. The highest BCUT2D eigenvalue weighted by Gasteiger charge is 2.23. The number of hydrogen-bond acceptors (Lipinski definition) is 4. The second-order valence-electron chi connectivity index (χ2n) is 4.76. The number of nitro groups is 1. The molecule has 5 heteroatoms. The van der Waals surface area contributed by atoms with E-state index in [-0.39, 0.29) is 10.6 Å². The van der Waals surface area contributed by atoms with E-state index < -0.39 is 0 Å². The first-order valence-corrected chi connectivity index (χ1v) is 6.74. The fraction of sp³-hybridized carbons (Fsp3) is 0.467. The van der Waals surface area contributed by atoms with Gasteiger partial charge in [-0.25, -0.2) is 0 Å². The lowest BCUT2D eigenvalue weighted by molar-refractivity contribution is -0.425. The summed E-state index contributed by atoms with van der Waals surface area (Å²) in [6, 6.07) is 1.84. The highest BCUT2D eigenvalue weighted by molar-refractivity contribution is 5.66. The zero-order valence-corrected chi connectivity index (χ0v) is 12.1. The van der Waals surface area contributed by atoms with Crippen LogP contribution in [0.1, 0.15) is 36.5 Å². The first-order chi connectivity index (χ1) is 9.62. The molecule has 0 saturated carbocycles. The Morgan fingerprint density at radius 3 is 2.60 bits per heavy atom. The zero-order valence-electron chi connectivity index (χ0n) is 12.1. The summed E-state index contributed by atoms with van der Waals surface area (Å²) in [6.07, 6.45) is 4.95. The zero-order chi connectivity index (χ0) is 14.7. The first-order valence-electron chi connectivity index (χ1n) is 6.74. The SMILES string of the molecule is CCC(=Cc1cc(OC)c(OC)c2c1CCC2)[N+](=O)[O-]. The van der Waals surface area contributed by atoms with Crippen LogP contribution in [0.5, 0.6) is 11.5 Å². The summed E-state index contributed by atoms with van der Waals surface area (Å²) in [5, 5.41) is 11.0. The molecule has 0 atom stereocenters. The van der Waals surface area contributed by atoms with E-state index in [9.17, 15) is 10.1 Å². The van der Waals surface area contributed by atoms with Crippen molar-refractivity contribution in [2.45, 2.75) is 32.6 Å². The highest BCUT2D eigenvalue weighted by atomic mass is 16.6. The van der Waals surface area contributed by atoms with Crippen molar-refractivity contribution in [1.29, 1.82) is 0 Å². The molecule has 0 spiro atoms. The van der Waals surface area contributed by atoms with Gasteiger partial charge in [-0.15, -0.1) is 0 Å². The number of hydrogen-bond donors (Lipinski definition) is 0. The Morgan fingerprint density at radius 2 is 2.05 bits per heavy atom. The van der Waals surface area contributed by atoms with E-state index in [0.29, 0.717) is 12.2 Å². The number of nitrogens with zero attached hydrogens (tertiary/aromatic N) is 1. The Morgan fingerprint density at radius 1 is 1.35 bits per heavy atom. The lowest BCUT2D eigenvalue weighted by Crippen LogP contribution is -2.01. The van der Waals surface area contributed by atoms with E-state index in [0.717, 1.165) is 41.7 Å². The van der Waals surface area contributed by atoms with Gasteiger partial charge in [-0.2, -0.15) is 0 Å². The quantitative estimate of drug-likeness (QED) is 0.612. The van der Waals surface area contributed by atoms with Crippen LogP contribution in [0, 0.1) is 10.1 Å². The van der Waals surface area contributed by atoms with Gasteiger partial charge in [-0.05, 0) is 36.5 Å². The maximum absolute atomic E-state index is 11.0. The standard InChI is InChI=1S/C15H19NO4/c1-4-11(16(17)18)8-10-9-14(19-2)15(20-3)13-7-5-6-12(10)13/h8-9H,4-7H2,1-3H3. The molecular weight excluding hydrogens is 258 g/mol. The molecule has 1 aliphatic rings. The molecule has 1 aliphatic carbocycles. The highest BCUT2D eigenvalue weighted by Crippen LogP contribution is 2.41. The predicted octanol–water partition coefficient (Wildman–Crippen LogP) is 3.22. The van der Waals surface area contributed by atoms with Gasteiger partial charge in [0.05, 0.1) is 19.1 Å². The van der Waals surface area contributed by atoms with Crippen LogP contribution in [0.4, 0.5) is 0 Å². The van der Waals surface area contributed by atoms with Crippen molar-refractivity contribution in [2.75, 3.05) is 14.2 Å². The lowest BCUT2D eigenvalue weighted by Gasteiger charge is -2.14. The van der Waals surface area contributed by atoms with Crippen LogP contribution in [-0.2, 0) is 12.8 Å². The van der Waals surface area contributed by atoms with Gasteiger partial charge in [0.25, 0.3) is 0 Å². The molecule has 5 nitrogen and oxygen atoms in total. The smallest absolute Gasteiger partial charge is 0.246 e. The molecule has 1 aromatic rings. The second-order valence-corrected chi connectivity index (χ2v) is 4.76. The van der Waals surface area contributed by atoms with Crippen LogP contribution in [0.3, 0.4) is 0 Å². The second kappa shape index (κ2) is 5.94. The van der Waals surface area contributed by atoms with Crippen molar-refractivity contribution in [3.8, 4) is 11.5 Å². The van der Waals surface area contributed by atoms with E-state index in [4.69, 9.17) is 9.47 Å². The van der Waals surface area contributed by atoms with Gasteiger partial charge in [0.1, 0.15) is 0 Å². The molecule has 2 rings (SSSR count). The fourth-order valence-corrected chi connectivity index (χ4v) is 2.72. The van der Waals surface area contributed by atoms with Crippen molar-refractivity contribution < 1.29 is 14.4 Å². The number of fused-ring (bicyclic) bond motifs is 1. The third kappa shape index (κ3) is 2.48. The van der Waals surface area contributed by atoms with Crippen LogP contribution < -0.4 is 9.47 Å². The summed E-state index contributed by atoms with van der Waals surface area (Å²) in [4.78, 5) is 10.7. The molecule has 0 heterocycles. The van der Waals surface area contributed by atoms with Gasteiger partial charge < -0.3 is 9.47 Å². The Labute approximate surface area is 118 Å². The molecule has 108 valence electrons. The normalized spacial score (nSPS) is 14.1. The van der Waals surface area contributed by atoms with Gasteiger partial charge in [0, 0.05) is 18.1 Å². The summed E-state index contributed by atoms with van der Waals surface area (Å²) in [6.45, 7) is 1.79. The summed E-state index contributed by atoms with van der Waals surface area (Å²) >= 11 is 0. The molecule has 0 aromatic heterocycles. The van der Waals surface area contributed by atoms with Gasteiger partial charge in [-0.3, -0.25) is 10.1 Å². The van der Waals surface area contributed by atoms with Crippen molar-refractivity contribution in [3.63, 3.8) is 0 Å². The number of rotatable bonds is 5. The average molecular weight is 277 g/mol. The Kier molecular flexibility index (Phi) is 4.27. The van der Waals surface area contributed by atoms with Crippen molar-refractivity contribution in [3.05, 3.63) is 38.6 Å². The minimum absolute atomic E-state index is 0.214. The van der Waals surface area contributed by atoms with Gasteiger partial charge in [0.15, 0.2) is 11.5 Å². The van der Waals surface area contributed by atoms with Crippen LogP contribution >= 0.6 is 0 Å². The van der Waals surface area contributed by atoms with Crippen molar-refractivity contribution >= 4 is 6.08 Å². The van der Waals surface area contributed by atoms with Crippen LogP contribution in [0.15, 0.2) is 11.8 Å². The number of allylic oxidation sites excluding steroid dienone is 1. The Hall–Kier alpha value is -2.04. The molecule has 0 unspecified atom stereocenters. The molecule has 0 saturated heterocycles. The molecule has 0 fully saturated rings. The van der Waals surface area contributed by atoms with E-state index in [1.165, 1.54) is 0 Å². The van der Waals surface area contributed by atoms with E-state index >= 15 is 0 Å². The van der Waals surface area contributed by atoms with Crippen molar-refractivity contribution in [2.24, 2.45) is 0 Å². The maximum atomic E-state index is 11.0. The fourth-order valence-electron chi connectivity index (χ4n) is 2.72. The molecule has 1 aromatic carbocycles. The molecule has 0 bridgehead atoms. The maximum Gasteiger partial charge on any atom is 0.246 e. The largest absolute Gasteiger partial charge is 0.493 e. The molecule has 0 amide bonds. The van der Waals surface area contributed by atoms with E-state index in [2.05, 4.69) is 0 Å². The topological polar surface area (TPSA) is 61.6 Å². The number of ether oxygens (including phenoxy) is 2. The Bertz CT molecular complexity index is 563. The average Bonchev–Trinajstić information content (AvgIpc) is 2.92. The first kappa shape index (κ1) is 14.4. The molecule has 0 N–H and O–H groups in total. The molecule has 20 heavy (non-hydrogen) atoms. The molecule has 0 radical (unpaired) electrons. The minimum Gasteiger partial charge on any atom is -0.493 e. The third-order valence-electron chi connectivity index (χ3n) is 3.69. The van der Waals surface area contributed by atoms with Gasteiger partial charge >= 0.3 is 0 Å². The van der Waals surface area contributed by atoms with Crippen LogP contribution in [0.25, 0.3) is 6.08 Å². The van der Waals surface area contributed by atoms with E-state index in [1.807, 2.05) is 6.07 Å². The van der Waals surface area contributed by atoms with E-state index in [1.54, 1.807) is 27.2 Å². The summed E-state index contributed by atoms with van der Waals surface area (Å²) in [5.74, 6) is 1.40. The summed E-state index contributed by atoms with van der Waals surface area (Å²) in [5.41, 5.74) is 3.36. The third-order valence-corrected chi connectivity index (χ3v) is 3.69. The lowest BCUT2D eigenvalue weighted by atomic mass is 10.00. The van der Waals surface area contributed by atoms with Gasteiger partial charge in [-0.1, -0.05) is 6.92 Å². The predicted molar refractivity (Wildman–Crippen MR) is 76.8 cm³/mol.